The van der Waals surface area contributed by atoms with Gasteiger partial charge in [-0.3, -0.25) is 4.79 Å². The number of primary amides is 1. The van der Waals surface area contributed by atoms with Crippen LogP contribution in [0.15, 0.2) is 28.7 Å². The molecule has 1 rings (SSSR count). The topological polar surface area (TPSA) is 52.3 Å². The molecule has 0 aliphatic rings. The van der Waals surface area contributed by atoms with Gasteiger partial charge in [-0.1, -0.05) is 15.9 Å². The number of carbonyl (C=O) groups excluding carboxylic acids is 1. The van der Waals surface area contributed by atoms with E-state index in [-0.39, 0.29) is 0 Å². The van der Waals surface area contributed by atoms with Gasteiger partial charge >= 0.3 is 0 Å². The first kappa shape index (κ1) is 10.8. The van der Waals surface area contributed by atoms with Gasteiger partial charge in [0.2, 0.25) is 5.91 Å². The molecule has 2 N–H and O–H groups in total. The van der Waals surface area contributed by atoms with E-state index in [1.54, 1.807) is 13.2 Å². The van der Waals surface area contributed by atoms with E-state index in [4.69, 9.17) is 10.5 Å². The van der Waals surface area contributed by atoms with Gasteiger partial charge < -0.3 is 10.5 Å². The zero-order valence-electron chi connectivity index (χ0n) is 7.66. The fourth-order valence-corrected chi connectivity index (χ4v) is 1.33. The number of carbonyl (C=O) groups is 1. The summed E-state index contributed by atoms with van der Waals surface area (Å²) in [6.45, 7) is 0. The molecule has 0 heterocycles. The lowest BCUT2D eigenvalue weighted by Gasteiger charge is -2.02. The summed E-state index contributed by atoms with van der Waals surface area (Å²) >= 11 is 3.35. The van der Waals surface area contributed by atoms with Crippen LogP contribution in [0.3, 0.4) is 0 Å². The second-order valence-electron chi connectivity index (χ2n) is 2.62. The van der Waals surface area contributed by atoms with Gasteiger partial charge in [0.15, 0.2) is 0 Å². The Bertz CT molecular complexity index is 374. The van der Waals surface area contributed by atoms with Gasteiger partial charge in [0.1, 0.15) is 5.75 Å². The number of hydrogen-bond donors (Lipinski definition) is 1. The first-order valence-electron chi connectivity index (χ1n) is 3.94. The first-order valence-corrected chi connectivity index (χ1v) is 4.74. The third-order valence-corrected chi connectivity index (χ3v) is 2.35. The van der Waals surface area contributed by atoms with Crippen LogP contribution < -0.4 is 10.5 Å². The van der Waals surface area contributed by atoms with E-state index in [0.717, 1.165) is 15.8 Å². The fraction of sp³-hybridized carbons (Fsp3) is 0.100. The zero-order valence-corrected chi connectivity index (χ0v) is 9.24. The van der Waals surface area contributed by atoms with E-state index >= 15 is 0 Å². The minimum absolute atomic E-state index is 0.472. The number of halogens is 1. The number of benzene rings is 1. The van der Waals surface area contributed by atoms with Crippen molar-refractivity contribution in [2.75, 3.05) is 7.11 Å². The van der Waals surface area contributed by atoms with Gasteiger partial charge in [0.05, 0.1) is 7.11 Å². The Labute approximate surface area is 90.7 Å². The first-order chi connectivity index (χ1) is 6.63. The summed E-state index contributed by atoms with van der Waals surface area (Å²) in [5.41, 5.74) is 5.84. The van der Waals surface area contributed by atoms with Crippen LogP contribution in [0.25, 0.3) is 6.08 Å². The molecule has 0 spiro atoms. The van der Waals surface area contributed by atoms with E-state index in [1.165, 1.54) is 6.08 Å². The zero-order chi connectivity index (χ0) is 10.6. The van der Waals surface area contributed by atoms with E-state index in [9.17, 15) is 4.79 Å². The number of nitrogens with two attached hydrogens (primary N) is 1. The second kappa shape index (κ2) is 4.81. The fourth-order valence-electron chi connectivity index (χ4n) is 0.948. The van der Waals surface area contributed by atoms with Crippen molar-refractivity contribution in [3.8, 4) is 5.75 Å². The predicted octanol–water partition coefficient (Wildman–Crippen LogP) is 1.96. The molecule has 0 unspecified atom stereocenters. The van der Waals surface area contributed by atoms with Crippen molar-refractivity contribution in [1.82, 2.24) is 0 Å². The monoisotopic (exact) mass is 255 g/mol. The van der Waals surface area contributed by atoms with Gasteiger partial charge in [0.25, 0.3) is 0 Å². The van der Waals surface area contributed by atoms with Crippen LogP contribution in [0.5, 0.6) is 5.75 Å². The summed E-state index contributed by atoms with van der Waals surface area (Å²) in [5.74, 6) is 0.261. The lowest BCUT2D eigenvalue weighted by molar-refractivity contribution is -0.113. The summed E-state index contributed by atoms with van der Waals surface area (Å²) in [4.78, 5) is 10.5. The highest BCUT2D eigenvalue weighted by Crippen LogP contribution is 2.23. The Hall–Kier alpha value is -1.29. The number of amides is 1. The Morgan fingerprint density at radius 1 is 1.57 bits per heavy atom. The van der Waals surface area contributed by atoms with Crippen LogP contribution in [0.2, 0.25) is 0 Å². The van der Waals surface area contributed by atoms with Crippen LogP contribution in [0.1, 0.15) is 5.56 Å². The van der Waals surface area contributed by atoms with E-state index in [0.29, 0.717) is 0 Å². The highest BCUT2D eigenvalue weighted by atomic mass is 79.9. The summed E-state index contributed by atoms with van der Waals surface area (Å²) in [6, 6.07) is 5.48. The molecule has 0 bridgehead atoms. The molecule has 14 heavy (non-hydrogen) atoms. The lowest BCUT2D eigenvalue weighted by Crippen LogP contribution is -2.05. The van der Waals surface area contributed by atoms with Crippen LogP contribution in [-0.2, 0) is 4.79 Å². The van der Waals surface area contributed by atoms with Crippen molar-refractivity contribution in [2.24, 2.45) is 5.73 Å². The largest absolute Gasteiger partial charge is 0.497 e. The van der Waals surface area contributed by atoms with Crippen LogP contribution in [-0.4, -0.2) is 13.0 Å². The quantitative estimate of drug-likeness (QED) is 0.840. The molecule has 0 saturated carbocycles. The van der Waals surface area contributed by atoms with Crippen molar-refractivity contribution in [2.45, 2.75) is 0 Å². The Kier molecular flexibility index (Phi) is 3.71. The SMILES string of the molecule is COc1ccc(Br)c(/C=C/C(N)=O)c1. The summed E-state index contributed by atoms with van der Waals surface area (Å²) in [6.07, 6.45) is 2.94. The molecule has 4 heteroatoms. The summed E-state index contributed by atoms with van der Waals surface area (Å²) < 4.78 is 5.93. The van der Waals surface area contributed by atoms with E-state index < -0.39 is 5.91 Å². The van der Waals surface area contributed by atoms with E-state index in [1.807, 2.05) is 18.2 Å². The molecule has 0 fully saturated rings. The summed E-state index contributed by atoms with van der Waals surface area (Å²) in [5, 5.41) is 0. The number of methoxy groups -OCH3 is 1. The van der Waals surface area contributed by atoms with Crippen molar-refractivity contribution in [3.05, 3.63) is 34.3 Å². The average Bonchev–Trinajstić information content (AvgIpc) is 2.16. The van der Waals surface area contributed by atoms with Crippen molar-refractivity contribution in [1.29, 1.82) is 0 Å². The molecular weight excluding hydrogens is 246 g/mol. The molecule has 3 nitrogen and oxygen atoms in total. The van der Waals surface area contributed by atoms with Crippen molar-refractivity contribution < 1.29 is 9.53 Å². The molecule has 0 radical (unpaired) electrons. The highest BCUT2D eigenvalue weighted by molar-refractivity contribution is 9.10. The van der Waals surface area contributed by atoms with E-state index in [2.05, 4.69) is 15.9 Å². The minimum Gasteiger partial charge on any atom is -0.497 e. The molecule has 0 saturated heterocycles. The molecule has 1 aromatic carbocycles. The van der Waals surface area contributed by atoms with Crippen LogP contribution in [0, 0.1) is 0 Å². The Balaban J connectivity index is 3.00. The third kappa shape index (κ3) is 2.88. The smallest absolute Gasteiger partial charge is 0.241 e. The molecule has 0 aromatic heterocycles. The molecule has 1 aromatic rings. The normalized spacial score (nSPS) is 10.4. The Morgan fingerprint density at radius 3 is 2.86 bits per heavy atom. The van der Waals surface area contributed by atoms with Gasteiger partial charge in [-0.2, -0.15) is 0 Å². The predicted molar refractivity (Wildman–Crippen MR) is 58.9 cm³/mol. The number of ether oxygens (including phenoxy) is 1. The lowest BCUT2D eigenvalue weighted by atomic mass is 10.2. The maximum atomic E-state index is 10.5. The van der Waals surface area contributed by atoms with Crippen molar-refractivity contribution in [3.63, 3.8) is 0 Å². The van der Waals surface area contributed by atoms with Crippen LogP contribution in [0.4, 0.5) is 0 Å². The number of rotatable bonds is 3. The third-order valence-electron chi connectivity index (χ3n) is 1.63. The van der Waals surface area contributed by atoms with Gasteiger partial charge in [-0.25, -0.2) is 0 Å². The minimum atomic E-state index is -0.472. The molecular formula is C10H10BrNO2. The second-order valence-corrected chi connectivity index (χ2v) is 3.48. The molecule has 0 atom stereocenters. The Morgan fingerprint density at radius 2 is 2.29 bits per heavy atom. The standard InChI is InChI=1S/C10H10BrNO2/c1-14-8-3-4-9(11)7(6-8)2-5-10(12)13/h2-6H,1H3,(H2,12,13)/b5-2+. The van der Waals surface area contributed by atoms with Gasteiger partial charge in [0, 0.05) is 10.5 Å². The maximum Gasteiger partial charge on any atom is 0.241 e. The summed E-state index contributed by atoms with van der Waals surface area (Å²) in [7, 11) is 1.59. The molecule has 0 aliphatic heterocycles. The number of hydrogen-bond acceptors (Lipinski definition) is 2. The highest BCUT2D eigenvalue weighted by Gasteiger charge is 1.98. The average molecular weight is 256 g/mol. The molecule has 74 valence electrons. The van der Waals surface area contributed by atoms with Crippen LogP contribution >= 0.6 is 15.9 Å². The maximum absolute atomic E-state index is 10.5. The van der Waals surface area contributed by atoms with Crippen molar-refractivity contribution >= 4 is 27.9 Å². The molecule has 1 amide bonds. The molecule has 0 aliphatic carbocycles. The van der Waals surface area contributed by atoms with Gasteiger partial charge in [-0.15, -0.1) is 0 Å². The van der Waals surface area contributed by atoms with Gasteiger partial charge in [-0.05, 0) is 29.8 Å².